The van der Waals surface area contributed by atoms with Crippen molar-refractivity contribution in [1.82, 2.24) is 9.62 Å². The lowest BCUT2D eigenvalue weighted by molar-refractivity contribution is 0.163. The number of halogens is 1. The minimum atomic E-state index is -3.81. The van der Waals surface area contributed by atoms with Crippen LogP contribution in [0.4, 0.5) is 4.39 Å². The molecular formula is C15H23FN2O2S. The highest BCUT2D eigenvalue weighted by Crippen LogP contribution is 2.20. The van der Waals surface area contributed by atoms with Gasteiger partial charge in [-0.1, -0.05) is 12.1 Å². The van der Waals surface area contributed by atoms with Crippen LogP contribution in [-0.4, -0.2) is 38.5 Å². The Morgan fingerprint density at radius 3 is 2.76 bits per heavy atom. The lowest BCUT2D eigenvalue weighted by Crippen LogP contribution is -2.49. The zero-order valence-corrected chi connectivity index (χ0v) is 13.6. The molecule has 1 aliphatic rings. The van der Waals surface area contributed by atoms with Crippen LogP contribution < -0.4 is 4.72 Å². The smallest absolute Gasteiger partial charge is 0.243 e. The highest BCUT2D eigenvalue weighted by Gasteiger charge is 2.28. The third-order valence-electron chi connectivity index (χ3n) is 3.95. The highest BCUT2D eigenvalue weighted by molar-refractivity contribution is 7.89. The Morgan fingerprint density at radius 1 is 1.38 bits per heavy atom. The maximum absolute atomic E-state index is 14.0. The van der Waals surface area contributed by atoms with Gasteiger partial charge in [-0.25, -0.2) is 17.5 Å². The van der Waals surface area contributed by atoms with Gasteiger partial charge in [0.25, 0.3) is 0 Å². The summed E-state index contributed by atoms with van der Waals surface area (Å²) in [4.78, 5) is 1.98. The van der Waals surface area contributed by atoms with Crippen molar-refractivity contribution < 1.29 is 12.8 Å². The van der Waals surface area contributed by atoms with Gasteiger partial charge in [0.1, 0.15) is 10.7 Å². The summed E-state index contributed by atoms with van der Waals surface area (Å²) in [6.07, 6.45) is 1.73. The summed E-state index contributed by atoms with van der Waals surface area (Å²) in [6, 6.07) is 4.66. The van der Waals surface area contributed by atoms with Crippen molar-refractivity contribution in [2.45, 2.75) is 50.6 Å². The normalized spacial score (nSPS) is 20.9. The Morgan fingerprint density at radius 2 is 2.10 bits per heavy atom. The lowest BCUT2D eigenvalue weighted by atomic mass is 10.1. The van der Waals surface area contributed by atoms with Crippen molar-refractivity contribution in [3.8, 4) is 0 Å². The van der Waals surface area contributed by atoms with Crippen LogP contribution in [0.5, 0.6) is 0 Å². The van der Waals surface area contributed by atoms with Crippen LogP contribution in [-0.2, 0) is 10.0 Å². The molecule has 0 amide bonds. The van der Waals surface area contributed by atoms with Crippen molar-refractivity contribution >= 4 is 10.0 Å². The molecule has 0 bridgehead atoms. The van der Waals surface area contributed by atoms with Crippen molar-refractivity contribution in [3.05, 3.63) is 29.6 Å². The van der Waals surface area contributed by atoms with Gasteiger partial charge >= 0.3 is 0 Å². The van der Waals surface area contributed by atoms with Crippen LogP contribution >= 0.6 is 0 Å². The van der Waals surface area contributed by atoms with Gasteiger partial charge in [0, 0.05) is 18.6 Å². The number of hydrogen-bond acceptors (Lipinski definition) is 3. The van der Waals surface area contributed by atoms with Crippen molar-refractivity contribution in [2.75, 3.05) is 13.1 Å². The van der Waals surface area contributed by atoms with Crippen molar-refractivity contribution in [3.63, 3.8) is 0 Å². The summed E-state index contributed by atoms with van der Waals surface area (Å²) in [5.74, 6) is -0.665. The van der Waals surface area contributed by atoms with Gasteiger partial charge in [0.15, 0.2) is 0 Å². The van der Waals surface area contributed by atoms with E-state index < -0.39 is 15.8 Å². The van der Waals surface area contributed by atoms with E-state index >= 15 is 0 Å². The molecule has 0 aliphatic carbocycles. The van der Waals surface area contributed by atoms with E-state index in [1.54, 1.807) is 19.1 Å². The zero-order chi connectivity index (χ0) is 15.6. The minimum Gasteiger partial charge on any atom is -0.299 e. The first-order valence-electron chi connectivity index (χ1n) is 7.33. The van der Waals surface area contributed by atoms with Crippen molar-refractivity contribution in [1.29, 1.82) is 0 Å². The molecule has 6 heteroatoms. The first kappa shape index (κ1) is 16.4. The molecule has 0 spiro atoms. The van der Waals surface area contributed by atoms with Crippen LogP contribution in [0.1, 0.15) is 32.3 Å². The molecule has 0 unspecified atom stereocenters. The van der Waals surface area contributed by atoms with E-state index in [-0.39, 0.29) is 10.9 Å². The summed E-state index contributed by atoms with van der Waals surface area (Å²) >= 11 is 0. The third-order valence-corrected chi connectivity index (χ3v) is 5.49. The minimum absolute atomic E-state index is 0.161. The van der Waals surface area contributed by atoms with E-state index in [4.69, 9.17) is 0 Å². The second-order valence-electron chi connectivity index (χ2n) is 5.94. The number of benzene rings is 1. The second kappa shape index (κ2) is 6.42. The van der Waals surface area contributed by atoms with E-state index in [2.05, 4.69) is 23.5 Å². The number of rotatable bonds is 4. The highest BCUT2D eigenvalue weighted by atomic mass is 32.2. The molecule has 1 aromatic rings. The summed E-state index contributed by atoms with van der Waals surface area (Å²) in [6.45, 7) is 7.41. The molecule has 4 nitrogen and oxygen atoms in total. The molecule has 1 N–H and O–H groups in total. The number of sulfonamides is 1. The standard InChI is InChI=1S/C15H23FN2O2S/c1-11(2)18-9-5-7-13(10-18)17-21(19,20)14-8-4-6-12(3)15(14)16/h4,6,8,11,13,17H,5,7,9-10H2,1-3H3/t13-/m0/s1. The molecule has 1 aromatic carbocycles. The van der Waals surface area contributed by atoms with Crippen molar-refractivity contribution in [2.24, 2.45) is 0 Å². The molecule has 118 valence electrons. The zero-order valence-electron chi connectivity index (χ0n) is 12.8. The Kier molecular flexibility index (Phi) is 5.01. The van der Waals surface area contributed by atoms with Gasteiger partial charge in [-0.15, -0.1) is 0 Å². The predicted molar refractivity (Wildman–Crippen MR) is 81.2 cm³/mol. The quantitative estimate of drug-likeness (QED) is 0.927. The van der Waals surface area contributed by atoms with Crippen LogP contribution in [0.2, 0.25) is 0 Å². The average molecular weight is 314 g/mol. The van der Waals surface area contributed by atoms with E-state index in [1.165, 1.54) is 6.07 Å². The molecule has 1 aliphatic heterocycles. The molecule has 0 aromatic heterocycles. The Bertz CT molecular complexity index is 602. The molecule has 0 saturated carbocycles. The monoisotopic (exact) mass is 314 g/mol. The van der Waals surface area contributed by atoms with Gasteiger partial charge in [-0.05, 0) is 51.8 Å². The largest absolute Gasteiger partial charge is 0.299 e. The van der Waals surface area contributed by atoms with Gasteiger partial charge < -0.3 is 0 Å². The fourth-order valence-corrected chi connectivity index (χ4v) is 4.10. The molecule has 21 heavy (non-hydrogen) atoms. The molecule has 2 rings (SSSR count). The number of hydrogen-bond donors (Lipinski definition) is 1. The van der Waals surface area contributed by atoms with E-state index in [9.17, 15) is 12.8 Å². The first-order chi connectivity index (χ1) is 9.81. The summed E-state index contributed by atoms with van der Waals surface area (Å²) in [5.41, 5.74) is 0.338. The van der Waals surface area contributed by atoms with Gasteiger partial charge in [0.2, 0.25) is 10.0 Å². The Hall–Kier alpha value is -0.980. The lowest BCUT2D eigenvalue weighted by Gasteiger charge is -2.35. The average Bonchev–Trinajstić information content (AvgIpc) is 2.41. The fraction of sp³-hybridized carbons (Fsp3) is 0.600. The number of aryl methyl sites for hydroxylation is 1. The number of nitrogens with zero attached hydrogens (tertiary/aromatic N) is 1. The number of piperidine rings is 1. The maximum atomic E-state index is 14.0. The SMILES string of the molecule is Cc1cccc(S(=O)(=O)N[C@H]2CCCN(C(C)C)C2)c1F. The third kappa shape index (κ3) is 3.81. The molecular weight excluding hydrogens is 291 g/mol. The van der Waals surface area contributed by atoms with E-state index in [0.717, 1.165) is 19.4 Å². The van der Waals surface area contributed by atoms with E-state index in [0.29, 0.717) is 18.2 Å². The van der Waals surface area contributed by atoms with Crippen LogP contribution in [0, 0.1) is 12.7 Å². The van der Waals surface area contributed by atoms with Crippen LogP contribution in [0.3, 0.4) is 0 Å². The van der Waals surface area contributed by atoms with Gasteiger partial charge in [-0.3, -0.25) is 4.90 Å². The van der Waals surface area contributed by atoms with E-state index in [1.807, 2.05) is 0 Å². The van der Waals surface area contributed by atoms with Crippen LogP contribution in [0.25, 0.3) is 0 Å². The number of likely N-dealkylation sites (tertiary alicyclic amines) is 1. The Labute approximate surface area is 126 Å². The van der Waals surface area contributed by atoms with Gasteiger partial charge in [0.05, 0.1) is 0 Å². The predicted octanol–water partition coefficient (Wildman–Crippen LogP) is 2.29. The topological polar surface area (TPSA) is 49.4 Å². The molecule has 1 fully saturated rings. The molecule has 0 radical (unpaired) electrons. The second-order valence-corrected chi connectivity index (χ2v) is 7.62. The number of nitrogens with one attached hydrogen (secondary N) is 1. The maximum Gasteiger partial charge on any atom is 0.243 e. The van der Waals surface area contributed by atoms with Crippen LogP contribution in [0.15, 0.2) is 23.1 Å². The summed E-state index contributed by atoms with van der Waals surface area (Å²) in [7, 11) is -3.81. The summed E-state index contributed by atoms with van der Waals surface area (Å²) < 4.78 is 41.4. The molecule has 1 heterocycles. The van der Waals surface area contributed by atoms with Gasteiger partial charge in [-0.2, -0.15) is 0 Å². The molecule has 1 saturated heterocycles. The Balaban J connectivity index is 2.16. The summed E-state index contributed by atoms with van der Waals surface area (Å²) in [5, 5.41) is 0. The molecule has 1 atom stereocenters. The fourth-order valence-electron chi connectivity index (χ4n) is 2.68. The first-order valence-corrected chi connectivity index (χ1v) is 8.81.